The van der Waals surface area contributed by atoms with Crippen molar-refractivity contribution in [2.75, 3.05) is 25.7 Å². The van der Waals surface area contributed by atoms with Crippen LogP contribution in [0.25, 0.3) is 11.0 Å². The van der Waals surface area contributed by atoms with Gasteiger partial charge in [-0.3, -0.25) is 14.5 Å². The maximum Gasteiger partial charge on any atom is 0.249 e. The Morgan fingerprint density at radius 3 is 2.51 bits per heavy atom. The lowest BCUT2D eigenvalue weighted by atomic mass is 10.0. The van der Waals surface area contributed by atoms with Gasteiger partial charge in [0.2, 0.25) is 11.8 Å². The number of amides is 2. The van der Waals surface area contributed by atoms with E-state index in [0.29, 0.717) is 40.6 Å². The van der Waals surface area contributed by atoms with E-state index in [4.69, 9.17) is 9.47 Å². The Bertz CT molecular complexity index is 1450. The first-order valence-electron chi connectivity index (χ1n) is 12.7. The minimum Gasteiger partial charge on any atom is -0.493 e. The second kappa shape index (κ2) is 12.4. The molecule has 0 saturated heterocycles. The summed E-state index contributed by atoms with van der Waals surface area (Å²) in [7, 11) is 2.95. The minimum absolute atomic E-state index is 0.207. The summed E-state index contributed by atoms with van der Waals surface area (Å²) in [5, 5.41) is 11.2. The number of rotatable bonds is 11. The summed E-state index contributed by atoms with van der Waals surface area (Å²) in [6.45, 7) is 4.27. The van der Waals surface area contributed by atoms with Crippen LogP contribution in [0.2, 0.25) is 0 Å². The second-order valence-corrected chi connectivity index (χ2v) is 9.44. The quantitative estimate of drug-likeness (QED) is 0.304. The van der Waals surface area contributed by atoms with Gasteiger partial charge in [0, 0.05) is 17.8 Å². The lowest BCUT2D eigenvalue weighted by Crippen LogP contribution is -2.45. The van der Waals surface area contributed by atoms with Crippen molar-refractivity contribution in [1.82, 2.24) is 20.3 Å². The third kappa shape index (κ3) is 6.17. The van der Waals surface area contributed by atoms with Crippen molar-refractivity contribution in [3.8, 4) is 11.5 Å². The average molecular weight is 534 g/mol. The topological polar surface area (TPSA) is 98.6 Å². The Balaban J connectivity index is 1.85. The molecule has 1 unspecified atom stereocenters. The number of benzene rings is 3. The number of para-hydroxylation sites is 2. The van der Waals surface area contributed by atoms with Crippen LogP contribution in [0, 0.1) is 11.7 Å². The molecule has 0 radical (unpaired) electrons. The monoisotopic (exact) mass is 533 g/mol. The van der Waals surface area contributed by atoms with Crippen LogP contribution in [0.1, 0.15) is 31.9 Å². The molecule has 0 saturated carbocycles. The molecule has 0 fully saturated rings. The Labute approximate surface area is 226 Å². The Hall–Kier alpha value is -4.47. The fraction of sp³-hybridized carbons (Fsp3) is 0.310. The molecule has 4 rings (SSSR count). The molecule has 1 atom stereocenters. The molecular formula is C29H32FN5O4. The number of carbonyl (C=O) groups excluding carboxylic acids is 2. The van der Waals surface area contributed by atoms with Crippen LogP contribution in [0.5, 0.6) is 11.5 Å². The van der Waals surface area contributed by atoms with Crippen LogP contribution in [-0.2, 0) is 16.1 Å². The highest BCUT2D eigenvalue weighted by Crippen LogP contribution is 2.39. The Morgan fingerprint density at radius 2 is 1.79 bits per heavy atom. The molecule has 1 heterocycles. The summed E-state index contributed by atoms with van der Waals surface area (Å²) in [6.07, 6.45) is 0.743. The number of carbonyl (C=O) groups is 2. The van der Waals surface area contributed by atoms with E-state index in [0.717, 1.165) is 6.42 Å². The molecule has 9 nitrogen and oxygen atoms in total. The summed E-state index contributed by atoms with van der Waals surface area (Å²) in [6, 6.07) is 16.7. The molecule has 39 heavy (non-hydrogen) atoms. The smallest absolute Gasteiger partial charge is 0.249 e. The van der Waals surface area contributed by atoms with Crippen molar-refractivity contribution < 1.29 is 23.5 Å². The molecule has 1 aromatic heterocycles. The number of nitrogens with one attached hydrogen (secondary N) is 1. The van der Waals surface area contributed by atoms with Crippen LogP contribution >= 0.6 is 0 Å². The van der Waals surface area contributed by atoms with Gasteiger partial charge in [-0.1, -0.05) is 49.4 Å². The summed E-state index contributed by atoms with van der Waals surface area (Å²) >= 11 is 0. The van der Waals surface area contributed by atoms with Gasteiger partial charge in [0.05, 0.1) is 19.7 Å². The largest absolute Gasteiger partial charge is 0.493 e. The van der Waals surface area contributed by atoms with Crippen LogP contribution in [0.4, 0.5) is 10.1 Å². The summed E-state index contributed by atoms with van der Waals surface area (Å²) in [4.78, 5) is 29.2. The zero-order chi connectivity index (χ0) is 27.9. The summed E-state index contributed by atoms with van der Waals surface area (Å²) in [5.41, 5.74) is 1.88. The molecule has 1 N–H and O–H groups in total. The predicted octanol–water partition coefficient (Wildman–Crippen LogP) is 4.52. The van der Waals surface area contributed by atoms with Gasteiger partial charge in [-0.25, -0.2) is 9.07 Å². The molecule has 2 amide bonds. The highest BCUT2D eigenvalue weighted by atomic mass is 19.1. The highest BCUT2D eigenvalue weighted by Gasteiger charge is 2.36. The van der Waals surface area contributed by atoms with Crippen LogP contribution in [0.15, 0.2) is 66.7 Å². The number of hydrogen-bond acceptors (Lipinski definition) is 6. The first-order chi connectivity index (χ1) is 18.8. The lowest BCUT2D eigenvalue weighted by molar-refractivity contribution is -0.127. The number of fused-ring (bicyclic) bond motifs is 1. The number of nitrogens with zero attached hydrogens (tertiary/aromatic N) is 4. The van der Waals surface area contributed by atoms with Gasteiger partial charge in [-0.2, -0.15) is 0 Å². The molecule has 204 valence electrons. The molecule has 3 aromatic carbocycles. The second-order valence-electron chi connectivity index (χ2n) is 9.44. The van der Waals surface area contributed by atoms with Crippen molar-refractivity contribution >= 4 is 28.5 Å². The zero-order valence-corrected chi connectivity index (χ0v) is 22.4. The number of halogens is 1. The molecule has 4 aromatic rings. The SMILES string of the molecule is COc1cccc(C(C(=O)NCCC(C)C)N(C(=O)Cn2nnc3ccccc32)c2cccc(F)c2)c1OC. The highest BCUT2D eigenvalue weighted by molar-refractivity contribution is 6.02. The molecule has 0 aliphatic heterocycles. The first kappa shape index (κ1) is 27.6. The fourth-order valence-corrected chi connectivity index (χ4v) is 4.41. The third-order valence-electron chi connectivity index (χ3n) is 6.32. The van der Waals surface area contributed by atoms with Gasteiger partial charge in [0.25, 0.3) is 0 Å². The minimum atomic E-state index is -1.20. The Kier molecular flexibility index (Phi) is 8.75. The van der Waals surface area contributed by atoms with Crippen molar-refractivity contribution in [1.29, 1.82) is 0 Å². The maximum atomic E-state index is 14.5. The summed E-state index contributed by atoms with van der Waals surface area (Å²) < 4.78 is 27.1. The van der Waals surface area contributed by atoms with E-state index in [-0.39, 0.29) is 12.2 Å². The van der Waals surface area contributed by atoms with Crippen LogP contribution in [-0.4, -0.2) is 47.6 Å². The molecule has 0 bridgehead atoms. The predicted molar refractivity (Wildman–Crippen MR) is 146 cm³/mol. The van der Waals surface area contributed by atoms with Crippen LogP contribution in [0.3, 0.4) is 0 Å². The average Bonchev–Trinajstić information content (AvgIpc) is 3.33. The van der Waals surface area contributed by atoms with Crippen molar-refractivity contribution in [3.05, 3.63) is 78.1 Å². The standard InChI is InChI=1S/C29H32FN5O4/c1-19(2)15-16-31-29(37)27(22-11-8-14-25(38-3)28(22)39-4)35(21-10-7-9-20(30)17-21)26(36)18-34-24-13-6-5-12-23(24)32-33-34/h5-14,17,19,27H,15-16,18H2,1-4H3,(H,31,37). The van der Waals surface area contributed by atoms with Gasteiger partial charge in [0.15, 0.2) is 11.5 Å². The Morgan fingerprint density at radius 1 is 1.03 bits per heavy atom. The number of ether oxygens (including phenoxy) is 2. The van der Waals surface area contributed by atoms with E-state index in [9.17, 15) is 14.0 Å². The molecule has 0 aliphatic carbocycles. The third-order valence-corrected chi connectivity index (χ3v) is 6.32. The first-order valence-corrected chi connectivity index (χ1v) is 12.7. The van der Waals surface area contributed by atoms with Gasteiger partial charge in [0.1, 0.15) is 23.9 Å². The normalized spacial score (nSPS) is 11.8. The molecule has 0 aliphatic rings. The molecule has 10 heteroatoms. The van der Waals surface area contributed by atoms with Gasteiger partial charge in [-0.15, -0.1) is 5.10 Å². The lowest BCUT2D eigenvalue weighted by Gasteiger charge is -2.32. The molecule has 0 spiro atoms. The van der Waals surface area contributed by atoms with Crippen molar-refractivity contribution in [2.24, 2.45) is 5.92 Å². The maximum absolute atomic E-state index is 14.5. The van der Waals surface area contributed by atoms with E-state index in [2.05, 4.69) is 29.5 Å². The van der Waals surface area contributed by atoms with E-state index < -0.39 is 23.7 Å². The zero-order valence-electron chi connectivity index (χ0n) is 22.4. The van der Waals surface area contributed by atoms with Crippen LogP contribution < -0.4 is 19.7 Å². The van der Waals surface area contributed by atoms with Gasteiger partial charge < -0.3 is 14.8 Å². The van der Waals surface area contributed by atoms with E-state index in [1.165, 1.54) is 42.0 Å². The van der Waals surface area contributed by atoms with E-state index >= 15 is 0 Å². The van der Waals surface area contributed by atoms with Crippen molar-refractivity contribution in [3.63, 3.8) is 0 Å². The fourth-order valence-electron chi connectivity index (χ4n) is 4.41. The summed E-state index contributed by atoms with van der Waals surface area (Å²) in [5.74, 6) is -0.438. The number of hydrogen-bond donors (Lipinski definition) is 1. The van der Waals surface area contributed by atoms with E-state index in [1.807, 2.05) is 12.1 Å². The number of anilines is 1. The van der Waals surface area contributed by atoms with Crippen molar-refractivity contribution in [2.45, 2.75) is 32.9 Å². The number of methoxy groups -OCH3 is 2. The van der Waals surface area contributed by atoms with E-state index in [1.54, 1.807) is 36.4 Å². The molecular weight excluding hydrogens is 501 g/mol. The van der Waals surface area contributed by atoms with Gasteiger partial charge >= 0.3 is 0 Å². The van der Waals surface area contributed by atoms with Gasteiger partial charge in [-0.05, 0) is 48.7 Å². The number of aromatic nitrogens is 3.